The van der Waals surface area contributed by atoms with Gasteiger partial charge in [-0.05, 0) is 46.2 Å². The van der Waals surface area contributed by atoms with Crippen molar-refractivity contribution in [3.63, 3.8) is 0 Å². The predicted molar refractivity (Wildman–Crippen MR) is 66.6 cm³/mol. The van der Waals surface area contributed by atoms with Gasteiger partial charge >= 0.3 is 0 Å². The first-order chi connectivity index (χ1) is 7.78. The first-order valence-corrected chi connectivity index (χ1v) is 6.91. The molecule has 16 heavy (non-hydrogen) atoms. The van der Waals surface area contributed by atoms with E-state index < -0.39 is 0 Å². The van der Waals surface area contributed by atoms with Gasteiger partial charge in [0.25, 0.3) is 0 Å². The van der Waals surface area contributed by atoms with Gasteiger partial charge in [0.1, 0.15) is 0 Å². The van der Waals surface area contributed by atoms with E-state index in [0.29, 0.717) is 0 Å². The molecule has 0 aromatic heterocycles. The molecule has 0 saturated carbocycles. The van der Waals surface area contributed by atoms with E-state index in [1.165, 1.54) is 45.2 Å². The third kappa shape index (κ3) is 1.79. The Morgan fingerprint density at radius 1 is 1.00 bits per heavy atom. The number of fused-ring (bicyclic) bond motifs is 2. The van der Waals surface area contributed by atoms with Crippen LogP contribution in [-0.4, -0.2) is 61.2 Å². The quantitative estimate of drug-likeness (QED) is 0.750. The van der Waals surface area contributed by atoms with Crippen molar-refractivity contribution >= 4 is 0 Å². The van der Waals surface area contributed by atoms with Gasteiger partial charge in [-0.1, -0.05) is 0 Å². The molecule has 0 aromatic carbocycles. The van der Waals surface area contributed by atoms with Gasteiger partial charge in [0.15, 0.2) is 0 Å². The van der Waals surface area contributed by atoms with E-state index in [9.17, 15) is 0 Å². The number of likely N-dealkylation sites (N-methyl/N-ethyl adjacent to an activating group) is 1. The first kappa shape index (κ1) is 11.0. The van der Waals surface area contributed by atoms with Crippen molar-refractivity contribution in [2.45, 2.75) is 56.3 Å². The summed E-state index contributed by atoms with van der Waals surface area (Å²) in [6, 6.07) is 3.40. The molecule has 3 saturated heterocycles. The Balaban J connectivity index is 1.61. The van der Waals surface area contributed by atoms with E-state index in [0.717, 1.165) is 24.2 Å². The van der Waals surface area contributed by atoms with E-state index in [2.05, 4.69) is 29.2 Å². The fraction of sp³-hybridized carbons (Fsp3) is 1.00. The molecule has 0 aliphatic carbocycles. The topological polar surface area (TPSA) is 18.5 Å². The normalized spacial score (nSPS) is 45.4. The summed E-state index contributed by atoms with van der Waals surface area (Å²) in [6.07, 6.45) is 7.08. The lowest BCUT2D eigenvalue weighted by Gasteiger charge is -2.40. The Bertz CT molecular complexity index is 242. The molecule has 0 radical (unpaired) electrons. The highest BCUT2D eigenvalue weighted by Crippen LogP contribution is 2.37. The van der Waals surface area contributed by atoms with Crippen molar-refractivity contribution in [2.75, 3.05) is 27.2 Å². The molecular weight excluding hydrogens is 198 g/mol. The van der Waals surface area contributed by atoms with Gasteiger partial charge in [0.2, 0.25) is 0 Å². The third-order valence-corrected chi connectivity index (χ3v) is 5.22. The van der Waals surface area contributed by atoms with Crippen LogP contribution in [0.4, 0.5) is 0 Å². The zero-order valence-electron chi connectivity index (χ0n) is 10.7. The van der Waals surface area contributed by atoms with Crippen molar-refractivity contribution in [1.29, 1.82) is 0 Å². The maximum absolute atomic E-state index is 3.43. The lowest BCUT2D eigenvalue weighted by atomic mass is 9.97. The molecule has 3 unspecified atom stereocenters. The molecule has 3 heteroatoms. The molecule has 3 atom stereocenters. The highest BCUT2D eigenvalue weighted by atomic mass is 15.3. The second-order valence-corrected chi connectivity index (χ2v) is 5.94. The molecule has 3 nitrogen and oxygen atoms in total. The maximum Gasteiger partial charge on any atom is 0.0204 e. The molecular formula is C13H25N3. The Morgan fingerprint density at radius 3 is 2.25 bits per heavy atom. The number of likely N-dealkylation sites (tertiary alicyclic amines) is 1. The van der Waals surface area contributed by atoms with Crippen LogP contribution in [0.5, 0.6) is 0 Å². The molecule has 0 spiro atoms. The zero-order valence-corrected chi connectivity index (χ0v) is 10.7. The van der Waals surface area contributed by atoms with Crippen LogP contribution in [-0.2, 0) is 0 Å². The molecule has 2 bridgehead atoms. The summed E-state index contributed by atoms with van der Waals surface area (Å²) in [5.41, 5.74) is 0. The number of nitrogens with one attached hydrogen (secondary N) is 1. The zero-order chi connectivity index (χ0) is 11.1. The fourth-order valence-corrected chi connectivity index (χ4v) is 4.04. The molecule has 3 rings (SSSR count). The van der Waals surface area contributed by atoms with Gasteiger partial charge in [-0.15, -0.1) is 0 Å². The highest BCUT2D eigenvalue weighted by Gasteiger charge is 2.41. The van der Waals surface area contributed by atoms with E-state index in [4.69, 9.17) is 0 Å². The molecule has 1 N–H and O–H groups in total. The summed E-state index contributed by atoms with van der Waals surface area (Å²) in [7, 11) is 4.44. The monoisotopic (exact) mass is 223 g/mol. The van der Waals surface area contributed by atoms with Crippen LogP contribution in [0.15, 0.2) is 0 Å². The molecule has 0 aromatic rings. The Labute approximate surface area is 99.2 Å². The number of hydrogen-bond donors (Lipinski definition) is 1. The maximum atomic E-state index is 3.43. The average Bonchev–Trinajstić information content (AvgIpc) is 2.82. The largest absolute Gasteiger partial charge is 0.316 e. The Morgan fingerprint density at radius 2 is 1.69 bits per heavy atom. The molecule has 3 aliphatic heterocycles. The van der Waals surface area contributed by atoms with Gasteiger partial charge < -0.3 is 10.2 Å². The predicted octanol–water partition coefficient (Wildman–Crippen LogP) is 0.905. The lowest BCUT2D eigenvalue weighted by Crippen LogP contribution is -2.48. The van der Waals surface area contributed by atoms with Crippen LogP contribution in [0, 0.1) is 0 Å². The summed E-state index contributed by atoms with van der Waals surface area (Å²) < 4.78 is 0. The van der Waals surface area contributed by atoms with E-state index in [1.54, 1.807) is 0 Å². The summed E-state index contributed by atoms with van der Waals surface area (Å²) in [5.74, 6) is 0. The van der Waals surface area contributed by atoms with Crippen LogP contribution >= 0.6 is 0 Å². The Kier molecular flexibility index (Phi) is 2.94. The summed E-state index contributed by atoms with van der Waals surface area (Å²) in [5, 5.41) is 3.43. The van der Waals surface area contributed by atoms with Crippen molar-refractivity contribution in [3.05, 3.63) is 0 Å². The van der Waals surface area contributed by atoms with Crippen LogP contribution in [0.1, 0.15) is 32.1 Å². The summed E-state index contributed by atoms with van der Waals surface area (Å²) >= 11 is 0. The number of rotatable bonds is 2. The smallest absolute Gasteiger partial charge is 0.0204 e. The minimum Gasteiger partial charge on any atom is -0.316 e. The van der Waals surface area contributed by atoms with Crippen LogP contribution < -0.4 is 5.32 Å². The highest BCUT2D eigenvalue weighted by molar-refractivity contribution is 4.98. The van der Waals surface area contributed by atoms with Crippen LogP contribution in [0.25, 0.3) is 0 Å². The van der Waals surface area contributed by atoms with Gasteiger partial charge in [0.05, 0.1) is 0 Å². The van der Waals surface area contributed by atoms with Gasteiger partial charge in [-0.3, -0.25) is 4.90 Å². The van der Waals surface area contributed by atoms with Gasteiger partial charge in [-0.25, -0.2) is 0 Å². The average molecular weight is 223 g/mol. The molecule has 3 fully saturated rings. The van der Waals surface area contributed by atoms with Crippen molar-refractivity contribution in [2.24, 2.45) is 0 Å². The summed E-state index contributed by atoms with van der Waals surface area (Å²) in [6.45, 7) is 2.60. The Hall–Kier alpha value is -0.120. The second kappa shape index (κ2) is 4.28. The molecule has 3 aliphatic rings. The lowest BCUT2D eigenvalue weighted by molar-refractivity contribution is 0.0884. The van der Waals surface area contributed by atoms with E-state index in [1.807, 2.05) is 0 Å². The number of nitrogens with zero attached hydrogens (tertiary/aromatic N) is 2. The first-order valence-electron chi connectivity index (χ1n) is 6.91. The molecule has 3 heterocycles. The third-order valence-electron chi connectivity index (χ3n) is 5.22. The van der Waals surface area contributed by atoms with Gasteiger partial charge in [-0.2, -0.15) is 0 Å². The number of hydrogen-bond acceptors (Lipinski definition) is 3. The van der Waals surface area contributed by atoms with Gasteiger partial charge in [0, 0.05) is 37.3 Å². The summed E-state index contributed by atoms with van der Waals surface area (Å²) in [4.78, 5) is 5.39. The van der Waals surface area contributed by atoms with Crippen molar-refractivity contribution in [1.82, 2.24) is 15.1 Å². The molecule has 0 amide bonds. The minimum atomic E-state index is 0.748. The van der Waals surface area contributed by atoms with E-state index in [-0.39, 0.29) is 0 Å². The second-order valence-electron chi connectivity index (χ2n) is 5.94. The molecule has 92 valence electrons. The van der Waals surface area contributed by atoms with E-state index >= 15 is 0 Å². The standard InChI is InChI=1S/C13H25N3/c1-14-10-5-6-16(9-10)13-7-11-3-4-12(8-13)15(11)2/h10-14H,3-9H2,1-2H3. The van der Waals surface area contributed by atoms with Crippen molar-refractivity contribution < 1.29 is 0 Å². The van der Waals surface area contributed by atoms with Crippen molar-refractivity contribution in [3.8, 4) is 0 Å². The van der Waals surface area contributed by atoms with Crippen LogP contribution in [0.3, 0.4) is 0 Å². The minimum absolute atomic E-state index is 0.748. The van der Waals surface area contributed by atoms with Crippen LogP contribution in [0.2, 0.25) is 0 Å². The fourth-order valence-electron chi connectivity index (χ4n) is 4.04. The SMILES string of the molecule is CNC1CCN(C2CC3CCC(C2)N3C)C1. The number of piperidine rings is 1.